The number of aliphatic carboxylic acids is 1. The van der Waals surface area contributed by atoms with Gasteiger partial charge in [0.05, 0.1) is 0 Å². The summed E-state index contributed by atoms with van der Waals surface area (Å²) >= 11 is 7.45. The third kappa shape index (κ3) is 54.0. The number of nitrogens with two attached hydrogens (primary N) is 1. The number of nitrogens with one attached hydrogen (secondary N) is 2. The maximum atomic E-state index is 11.4. The maximum Gasteiger partial charge on any atom is 0.384 e. The molecule has 0 saturated carbocycles. The summed E-state index contributed by atoms with van der Waals surface area (Å²) in [4.78, 5) is 39.2. The Labute approximate surface area is 378 Å². The molecule has 0 unspecified atom stereocenters. The number of hydrogen-bond donors (Lipinski definition) is 5. The predicted molar refractivity (Wildman–Crippen MR) is 257 cm³/mol. The predicted octanol–water partition coefficient (Wildman–Crippen LogP) is 8.94. The van der Waals surface area contributed by atoms with E-state index in [9.17, 15) is 14.4 Å². The normalized spacial score (nSPS) is 7.85. The molecular weight excluding hydrogens is 1240 g/mol. The minimum atomic E-state index is -1.06. The SMILES string of the molecule is C.C/C(O)=C(\C#N)C(=O)Nc1ccccc1.CC.CC.CC.CI.I.I[I-]I.Nc1ccccc1.[C-]#[N+]CC(=O)Nc1ccccc1.[C-]#[N+]CC(=O)O. The van der Waals surface area contributed by atoms with Crippen LogP contribution in [0.2, 0.25) is 0 Å². The van der Waals surface area contributed by atoms with Crippen molar-refractivity contribution in [2.45, 2.75) is 55.9 Å². The Morgan fingerprint density at radius 2 is 1.08 bits per heavy atom. The molecule has 16 heteroatoms. The van der Waals surface area contributed by atoms with Crippen molar-refractivity contribution in [2.24, 2.45) is 0 Å². The van der Waals surface area contributed by atoms with Gasteiger partial charge in [0.1, 0.15) is 11.8 Å². The zero-order chi connectivity index (χ0) is 40.9. The Morgan fingerprint density at radius 1 is 0.755 bits per heavy atom. The molecule has 3 rings (SSSR count). The van der Waals surface area contributed by atoms with E-state index in [-0.39, 0.29) is 55.2 Å². The molecule has 2 amide bonds. The summed E-state index contributed by atoms with van der Waals surface area (Å²) in [6.07, 6.45) is 0. The first-order valence-corrected chi connectivity index (χ1v) is 29.7. The zero-order valence-electron chi connectivity index (χ0n) is 30.5. The first-order valence-electron chi connectivity index (χ1n) is 15.0. The molecule has 0 bridgehead atoms. The van der Waals surface area contributed by atoms with Crippen LogP contribution >= 0.6 is 83.8 Å². The van der Waals surface area contributed by atoms with Crippen LogP contribution in [0.5, 0.6) is 0 Å². The smallest absolute Gasteiger partial charge is 0.384 e. The molecule has 0 fully saturated rings. The van der Waals surface area contributed by atoms with E-state index >= 15 is 0 Å². The number of carboxylic acids is 1. The fourth-order valence-corrected chi connectivity index (χ4v) is 2.33. The number of para-hydroxylation sites is 3. The number of benzene rings is 3. The van der Waals surface area contributed by atoms with Crippen molar-refractivity contribution in [3.05, 3.63) is 125 Å². The summed E-state index contributed by atoms with van der Waals surface area (Å²) in [7, 11) is 0. The van der Waals surface area contributed by atoms with Gasteiger partial charge < -0.3 is 36.3 Å². The van der Waals surface area contributed by atoms with Gasteiger partial charge in [-0.2, -0.15) is 5.26 Å². The van der Waals surface area contributed by atoms with Crippen LogP contribution in [0.1, 0.15) is 55.9 Å². The Kier molecular flexibility index (Phi) is 76.1. The van der Waals surface area contributed by atoms with Crippen LogP contribution in [0.3, 0.4) is 0 Å². The van der Waals surface area contributed by atoms with E-state index in [1.165, 1.54) is 6.92 Å². The van der Waals surface area contributed by atoms with Crippen molar-refractivity contribution in [1.82, 2.24) is 0 Å². The molecule has 3 aromatic rings. The van der Waals surface area contributed by atoms with E-state index < -0.39 is 18.4 Å². The molecule has 298 valence electrons. The molecule has 6 N–H and O–H groups in total. The molecule has 3 aromatic carbocycles. The molecule has 11 nitrogen and oxygen atoms in total. The Hall–Kier alpha value is -2.47. The Bertz CT molecular complexity index is 1400. The third-order valence-electron chi connectivity index (χ3n) is 4.03. The second-order valence-corrected chi connectivity index (χ2v) is 23.5. The topological polar surface area (TPSA) is 174 Å². The van der Waals surface area contributed by atoms with Crippen LogP contribution in [0.15, 0.2) is 102 Å². The van der Waals surface area contributed by atoms with Gasteiger partial charge in [-0.25, -0.2) is 17.9 Å². The first-order chi connectivity index (χ1) is 24.6. The number of amides is 2. The minimum absolute atomic E-state index is 0. The van der Waals surface area contributed by atoms with Crippen molar-refractivity contribution in [2.75, 3.05) is 34.4 Å². The van der Waals surface area contributed by atoms with Gasteiger partial charge in [-0.3, -0.25) is 9.59 Å². The number of halogens is 5. The van der Waals surface area contributed by atoms with Gasteiger partial charge in [0.2, 0.25) is 0 Å². The van der Waals surface area contributed by atoms with Crippen LogP contribution < -0.4 is 29.6 Å². The van der Waals surface area contributed by atoms with Gasteiger partial charge in [-0.1, -0.05) is 126 Å². The van der Waals surface area contributed by atoms with Crippen molar-refractivity contribution in [3.63, 3.8) is 0 Å². The number of carbonyl (C=O) groups excluding carboxylic acids is 2. The van der Waals surface area contributed by atoms with Gasteiger partial charge in [0.25, 0.3) is 12.5 Å². The number of carbonyl (C=O) groups is 3. The van der Waals surface area contributed by atoms with E-state index in [1.807, 2.05) is 101 Å². The quantitative estimate of drug-likeness (QED) is 0.0323. The van der Waals surface area contributed by atoms with Gasteiger partial charge in [-0.05, 0) is 48.3 Å². The average molecular weight is 1300 g/mol. The van der Waals surface area contributed by atoms with Crippen LogP contribution in [-0.2, 0) is 14.4 Å². The molecule has 0 spiro atoms. The molecular formula is C37H54I5N6O5-. The van der Waals surface area contributed by atoms with Crippen LogP contribution in [0, 0.1) is 24.5 Å². The Morgan fingerprint density at radius 3 is 1.30 bits per heavy atom. The number of aliphatic hydroxyl groups excluding tert-OH is 1. The van der Waals surface area contributed by atoms with Crippen molar-refractivity contribution in [3.8, 4) is 6.07 Å². The van der Waals surface area contributed by atoms with E-state index in [0.717, 1.165) is 11.4 Å². The zero-order valence-corrected chi connectivity index (χ0v) is 41.5. The standard InChI is InChI=1S/C11H10N2O2.C9H8N2O.C6H7N.C3H3NO2.3C2H6.CH3I.CH4.I3.HI/c1-8(14)10(7-12)11(15)13-9-5-3-2-4-6-9;1-10-7-9(12)11-8-5-3-2-4-6-8;7-6-4-2-1-3-5-6;1-4-2-3(5)6;4*1-2;;1-3-2;/h2-6,14H,1H3,(H,13,15);2-6H,7H2,(H,11,12);1-5H,7H2;2H2,(H,5,6);3*1-2H3;1H3;1H4;;1H/q;;;;;;;;;-1;/b10-8-;;;;;;;;;;. The molecule has 0 heterocycles. The second-order valence-electron chi connectivity index (χ2n) is 7.30. The molecule has 0 saturated heterocycles. The van der Waals surface area contributed by atoms with Crippen molar-refractivity contribution in [1.29, 1.82) is 5.26 Å². The fraction of sp³-hybridized carbons (Fsp3) is 0.297. The maximum absolute atomic E-state index is 11.4. The number of anilines is 3. The van der Waals surface area contributed by atoms with E-state index in [1.54, 1.807) is 42.5 Å². The number of alkyl halides is 1. The number of nitriles is 1. The number of aliphatic hydroxyl groups is 1. The molecule has 0 atom stereocenters. The molecule has 0 aliphatic carbocycles. The van der Waals surface area contributed by atoms with E-state index in [0.29, 0.717) is 18.9 Å². The largest absolute Gasteiger partial charge is 0.476 e. The molecule has 0 aliphatic heterocycles. The monoisotopic (exact) mass is 1300 g/mol. The molecule has 53 heavy (non-hydrogen) atoms. The Balaban J connectivity index is -0.0000000798. The van der Waals surface area contributed by atoms with Gasteiger partial charge in [-0.15, -0.1) is 24.0 Å². The number of carboxylic acid groups (broad SMARTS) is 1. The fourth-order valence-electron chi connectivity index (χ4n) is 2.33. The number of hydrogen-bond acceptors (Lipinski definition) is 6. The van der Waals surface area contributed by atoms with E-state index in [2.05, 4.69) is 80.1 Å². The van der Waals surface area contributed by atoms with Crippen molar-refractivity contribution >= 4 is 119 Å². The summed E-state index contributed by atoms with van der Waals surface area (Å²) in [5.74, 6) is -2.23. The van der Waals surface area contributed by atoms with Crippen LogP contribution in [0.4, 0.5) is 17.1 Å². The summed E-state index contributed by atoms with van der Waals surface area (Å²) in [5.41, 5.74) is 7.21. The number of rotatable bonds is 5. The summed E-state index contributed by atoms with van der Waals surface area (Å²) < 4.78 is 0. The number of nitrogen functional groups attached to an aromatic ring is 1. The number of nitrogens with zero attached hydrogens (tertiary/aromatic N) is 3. The second kappa shape index (κ2) is 58.8. The molecule has 0 aliphatic rings. The molecule has 0 radical (unpaired) electrons. The minimum Gasteiger partial charge on any atom is -0.476 e. The van der Waals surface area contributed by atoms with Gasteiger partial charge in [0.15, 0.2) is 5.57 Å². The van der Waals surface area contributed by atoms with Gasteiger partial charge >= 0.3 is 68.9 Å². The van der Waals surface area contributed by atoms with E-state index in [4.69, 9.17) is 34.4 Å². The third-order valence-corrected chi connectivity index (χ3v) is 4.03. The summed E-state index contributed by atoms with van der Waals surface area (Å²) in [6, 6.07) is 28.9. The summed E-state index contributed by atoms with van der Waals surface area (Å²) in [6.45, 7) is 25.2. The van der Waals surface area contributed by atoms with Gasteiger partial charge in [0, 0.05) is 17.1 Å². The van der Waals surface area contributed by atoms with Crippen molar-refractivity contribution < 1.29 is 37.9 Å². The summed E-state index contributed by atoms with van der Waals surface area (Å²) in [5, 5.41) is 30.5. The number of allylic oxidation sites excluding steroid dienone is 1. The first kappa shape index (κ1) is 68.5. The van der Waals surface area contributed by atoms with Crippen LogP contribution in [-0.4, -0.2) is 46.0 Å². The average Bonchev–Trinajstić information content (AvgIpc) is 3.14. The molecule has 0 aromatic heterocycles. The van der Waals surface area contributed by atoms with Crippen LogP contribution in [0.25, 0.3) is 9.69 Å².